The van der Waals surface area contributed by atoms with Crippen LogP contribution in [0, 0.1) is 0 Å². The molecule has 1 amide bonds. The van der Waals surface area contributed by atoms with Crippen molar-refractivity contribution in [3.05, 3.63) is 53.3 Å². The molecule has 0 aliphatic carbocycles. The van der Waals surface area contributed by atoms with E-state index in [-0.39, 0.29) is 0 Å². The Bertz CT molecular complexity index is 779. The number of nitrogens with one attached hydrogen (secondary N) is 1. The minimum Gasteiger partial charge on any atom is -0.495 e. The van der Waals surface area contributed by atoms with Crippen LogP contribution in [-0.4, -0.2) is 31.3 Å². The summed E-state index contributed by atoms with van der Waals surface area (Å²) in [5.41, 5.74) is 4.43. The molecule has 1 N–H and O–H groups in total. The number of aromatic nitrogens is 1. The van der Waals surface area contributed by atoms with Crippen LogP contribution >= 0.6 is 0 Å². The van der Waals surface area contributed by atoms with Gasteiger partial charge in [0.05, 0.1) is 31.6 Å². The van der Waals surface area contributed by atoms with Crippen LogP contribution in [0.2, 0.25) is 0 Å². The molecule has 0 unspecified atom stereocenters. The van der Waals surface area contributed by atoms with Crippen LogP contribution in [-0.2, 0) is 24.2 Å². The highest BCUT2D eigenvalue weighted by Crippen LogP contribution is 2.31. The van der Waals surface area contributed by atoms with E-state index in [9.17, 15) is 4.79 Å². The van der Waals surface area contributed by atoms with Gasteiger partial charge in [-0.3, -0.25) is 4.98 Å². The van der Waals surface area contributed by atoms with Gasteiger partial charge in [0.15, 0.2) is 0 Å². The molecule has 3 rings (SSSR count). The van der Waals surface area contributed by atoms with E-state index in [0.29, 0.717) is 13.2 Å². The lowest BCUT2D eigenvalue weighted by Gasteiger charge is -2.31. The fourth-order valence-corrected chi connectivity index (χ4v) is 3.20. The Morgan fingerprint density at radius 2 is 2.15 bits per heavy atom. The summed E-state index contributed by atoms with van der Waals surface area (Å²) in [5.74, 6) is 0.881. The minimum absolute atomic E-state index is 0.368. The number of carbonyl (C=O) groups excluding carboxylic acids is 1. The molecule has 144 valence electrons. The molecule has 6 heteroatoms. The standard InChI is InChI=1S/C21H27N3O3/c1-3-4-11-27-21(25)23-14-18-12-17-15-24(10-9-16(17)13-22-18)19-7-5-6-8-20(19)26-2/h5-8,12-13H,3-4,9-11,14-15H2,1-2H3,(H,23,25). The summed E-state index contributed by atoms with van der Waals surface area (Å²) in [6, 6.07) is 10.1. The third kappa shape index (κ3) is 4.90. The Morgan fingerprint density at radius 1 is 1.30 bits per heavy atom. The van der Waals surface area contributed by atoms with Gasteiger partial charge in [-0.1, -0.05) is 25.5 Å². The SMILES string of the molecule is CCCCOC(=O)NCc1cc2c(cn1)CCN(c1ccccc1OC)C2. The zero-order chi connectivity index (χ0) is 19.1. The van der Waals surface area contributed by atoms with Crippen molar-refractivity contribution >= 4 is 11.8 Å². The number of hydrogen-bond acceptors (Lipinski definition) is 5. The first-order valence-corrected chi connectivity index (χ1v) is 9.46. The number of carbonyl (C=O) groups is 1. The summed E-state index contributed by atoms with van der Waals surface area (Å²) in [5, 5.41) is 2.77. The lowest BCUT2D eigenvalue weighted by Crippen LogP contribution is -2.31. The number of nitrogens with zero attached hydrogens (tertiary/aromatic N) is 2. The average Bonchev–Trinajstić information content (AvgIpc) is 2.71. The second-order valence-corrected chi connectivity index (χ2v) is 6.63. The van der Waals surface area contributed by atoms with Crippen molar-refractivity contribution in [2.75, 3.05) is 25.2 Å². The summed E-state index contributed by atoms with van der Waals surface area (Å²) in [6.07, 6.45) is 4.35. The number of hydrogen-bond donors (Lipinski definition) is 1. The predicted octanol–water partition coefficient (Wildman–Crippen LogP) is 3.68. The molecule has 0 atom stereocenters. The molecule has 0 saturated heterocycles. The predicted molar refractivity (Wildman–Crippen MR) is 105 cm³/mol. The Kier molecular flexibility index (Phi) is 6.52. The second-order valence-electron chi connectivity index (χ2n) is 6.63. The van der Waals surface area contributed by atoms with Crippen LogP contribution in [0.3, 0.4) is 0 Å². The first-order valence-electron chi connectivity index (χ1n) is 9.46. The summed E-state index contributed by atoms with van der Waals surface area (Å²) in [6.45, 7) is 4.61. The van der Waals surface area contributed by atoms with Gasteiger partial charge in [-0.2, -0.15) is 0 Å². The molecule has 1 aromatic heterocycles. The highest BCUT2D eigenvalue weighted by Gasteiger charge is 2.20. The number of para-hydroxylation sites is 2. The molecule has 0 saturated carbocycles. The van der Waals surface area contributed by atoms with E-state index in [1.54, 1.807) is 7.11 Å². The number of anilines is 1. The van der Waals surface area contributed by atoms with Crippen molar-refractivity contribution in [2.24, 2.45) is 0 Å². The van der Waals surface area contributed by atoms with Gasteiger partial charge in [0, 0.05) is 19.3 Å². The van der Waals surface area contributed by atoms with Crippen molar-refractivity contribution in [3.8, 4) is 5.75 Å². The first-order chi connectivity index (χ1) is 13.2. The molecule has 27 heavy (non-hydrogen) atoms. The Labute approximate surface area is 160 Å². The molecule has 2 aromatic rings. The maximum Gasteiger partial charge on any atom is 0.407 e. The van der Waals surface area contributed by atoms with Crippen molar-refractivity contribution in [1.82, 2.24) is 10.3 Å². The maximum atomic E-state index is 11.7. The topological polar surface area (TPSA) is 63.7 Å². The van der Waals surface area contributed by atoms with Gasteiger partial charge in [-0.25, -0.2) is 4.79 Å². The monoisotopic (exact) mass is 369 g/mol. The number of alkyl carbamates (subject to hydrolysis) is 1. The third-order valence-corrected chi connectivity index (χ3v) is 4.72. The molecule has 1 aliphatic heterocycles. The van der Waals surface area contributed by atoms with Crippen LogP contribution in [0.5, 0.6) is 5.75 Å². The van der Waals surface area contributed by atoms with Gasteiger partial charge in [-0.05, 0) is 42.2 Å². The van der Waals surface area contributed by atoms with E-state index < -0.39 is 6.09 Å². The van der Waals surface area contributed by atoms with E-state index in [2.05, 4.69) is 34.3 Å². The number of amides is 1. The number of pyridine rings is 1. The van der Waals surface area contributed by atoms with Crippen LogP contribution in [0.15, 0.2) is 36.5 Å². The molecule has 1 aromatic carbocycles. The summed E-state index contributed by atoms with van der Waals surface area (Å²) in [4.78, 5) is 18.5. The molecule has 0 fully saturated rings. The largest absolute Gasteiger partial charge is 0.495 e. The second kappa shape index (κ2) is 9.26. The highest BCUT2D eigenvalue weighted by atomic mass is 16.5. The smallest absolute Gasteiger partial charge is 0.407 e. The average molecular weight is 369 g/mol. The third-order valence-electron chi connectivity index (χ3n) is 4.72. The number of ether oxygens (including phenoxy) is 2. The zero-order valence-corrected chi connectivity index (χ0v) is 16.0. The van der Waals surface area contributed by atoms with Gasteiger partial charge in [0.25, 0.3) is 0 Å². The van der Waals surface area contributed by atoms with Gasteiger partial charge in [0.1, 0.15) is 5.75 Å². The van der Waals surface area contributed by atoms with Crippen LogP contribution in [0.4, 0.5) is 10.5 Å². The van der Waals surface area contributed by atoms with E-state index in [1.807, 2.05) is 24.4 Å². The number of rotatable bonds is 7. The molecule has 6 nitrogen and oxygen atoms in total. The Morgan fingerprint density at radius 3 is 2.96 bits per heavy atom. The zero-order valence-electron chi connectivity index (χ0n) is 16.0. The number of methoxy groups -OCH3 is 1. The molecule has 1 aliphatic rings. The molecule has 0 bridgehead atoms. The van der Waals surface area contributed by atoms with E-state index in [0.717, 1.165) is 49.5 Å². The number of benzene rings is 1. The van der Waals surface area contributed by atoms with E-state index in [1.165, 1.54) is 11.1 Å². The van der Waals surface area contributed by atoms with Gasteiger partial charge in [-0.15, -0.1) is 0 Å². The van der Waals surface area contributed by atoms with Crippen LogP contribution in [0.25, 0.3) is 0 Å². The van der Waals surface area contributed by atoms with Crippen LogP contribution < -0.4 is 15.0 Å². The molecule has 2 heterocycles. The molecule has 0 radical (unpaired) electrons. The number of fused-ring (bicyclic) bond motifs is 1. The van der Waals surface area contributed by atoms with Gasteiger partial charge >= 0.3 is 6.09 Å². The molecule has 0 spiro atoms. The summed E-state index contributed by atoms with van der Waals surface area (Å²) in [7, 11) is 1.70. The first kappa shape index (κ1) is 19.0. The number of unbranched alkanes of at least 4 members (excludes halogenated alkanes) is 1. The molecular formula is C21H27N3O3. The normalized spacial score (nSPS) is 13.0. The van der Waals surface area contributed by atoms with Crippen molar-refractivity contribution < 1.29 is 14.3 Å². The van der Waals surface area contributed by atoms with Crippen molar-refractivity contribution in [2.45, 2.75) is 39.3 Å². The van der Waals surface area contributed by atoms with Gasteiger partial charge < -0.3 is 19.7 Å². The van der Waals surface area contributed by atoms with E-state index in [4.69, 9.17) is 9.47 Å². The Balaban J connectivity index is 1.64. The summed E-state index contributed by atoms with van der Waals surface area (Å²) >= 11 is 0. The van der Waals surface area contributed by atoms with E-state index >= 15 is 0 Å². The molecular weight excluding hydrogens is 342 g/mol. The van der Waals surface area contributed by atoms with Gasteiger partial charge in [0.2, 0.25) is 0 Å². The highest BCUT2D eigenvalue weighted by molar-refractivity contribution is 5.67. The van der Waals surface area contributed by atoms with Crippen molar-refractivity contribution in [3.63, 3.8) is 0 Å². The Hall–Kier alpha value is -2.76. The quantitative estimate of drug-likeness (QED) is 0.755. The fraction of sp³-hybridized carbons (Fsp3) is 0.429. The minimum atomic E-state index is -0.390. The lowest BCUT2D eigenvalue weighted by atomic mass is 10.0. The lowest BCUT2D eigenvalue weighted by molar-refractivity contribution is 0.144. The fourth-order valence-electron chi connectivity index (χ4n) is 3.20. The van der Waals surface area contributed by atoms with Crippen LogP contribution in [0.1, 0.15) is 36.6 Å². The summed E-state index contributed by atoms with van der Waals surface area (Å²) < 4.78 is 10.6. The van der Waals surface area contributed by atoms with Crippen molar-refractivity contribution in [1.29, 1.82) is 0 Å². The maximum absolute atomic E-state index is 11.7.